The predicted molar refractivity (Wildman–Crippen MR) is 68.4 cm³/mol. The van der Waals surface area contributed by atoms with Crippen LogP contribution < -0.4 is 4.74 Å². The molecule has 0 aliphatic rings. The summed E-state index contributed by atoms with van der Waals surface area (Å²) in [6.45, 7) is 0.0940. The topological polar surface area (TPSA) is 53.2 Å². The van der Waals surface area contributed by atoms with Crippen LogP contribution in [0.15, 0.2) is 42.5 Å². The van der Waals surface area contributed by atoms with Gasteiger partial charge in [-0.1, -0.05) is 12.1 Å². The normalized spacial score (nSPS) is 9.95. The fraction of sp³-hybridized carbons (Fsp3) is 0.133. The average Bonchev–Trinajstić information content (AvgIpc) is 2.43. The van der Waals surface area contributed by atoms with Gasteiger partial charge in [-0.3, -0.25) is 0 Å². The Morgan fingerprint density at radius 1 is 1.16 bits per heavy atom. The van der Waals surface area contributed by atoms with Gasteiger partial charge in [0.05, 0.1) is 5.56 Å². The zero-order chi connectivity index (χ0) is 13.7. The maximum absolute atomic E-state index is 13.0. The molecule has 2 rings (SSSR count). The van der Waals surface area contributed by atoms with Crippen LogP contribution in [0.5, 0.6) is 11.5 Å². The molecular weight excluding hydrogens is 245 g/mol. The van der Waals surface area contributed by atoms with E-state index in [-0.39, 0.29) is 12.2 Å². The highest BCUT2D eigenvalue weighted by molar-refractivity contribution is 5.45. The molecule has 2 aromatic rings. The lowest BCUT2D eigenvalue weighted by Crippen LogP contribution is -1.92. The molecular formula is C15H12FNO2. The van der Waals surface area contributed by atoms with Crippen LogP contribution in [-0.2, 0) is 6.42 Å². The summed E-state index contributed by atoms with van der Waals surface area (Å²) in [7, 11) is 0. The van der Waals surface area contributed by atoms with Crippen molar-refractivity contribution in [3.05, 3.63) is 59.4 Å². The number of hydrogen-bond acceptors (Lipinski definition) is 3. The minimum atomic E-state index is -0.470. The standard InChI is InChI=1S/C15H12FNO2/c16-13-3-6-15(12(9-13)10-17)19-14-4-1-11(2-5-14)7-8-18/h1-6,9,18H,7-8H2. The molecule has 0 saturated heterocycles. The van der Waals surface area contributed by atoms with Crippen molar-refractivity contribution >= 4 is 0 Å². The molecule has 0 aliphatic heterocycles. The fourth-order valence-electron chi connectivity index (χ4n) is 1.66. The first kappa shape index (κ1) is 13.1. The molecule has 2 aromatic carbocycles. The van der Waals surface area contributed by atoms with Crippen LogP contribution in [0.1, 0.15) is 11.1 Å². The van der Waals surface area contributed by atoms with Gasteiger partial charge in [0.2, 0.25) is 0 Å². The molecule has 3 nitrogen and oxygen atoms in total. The highest BCUT2D eigenvalue weighted by Crippen LogP contribution is 2.25. The molecule has 1 N–H and O–H groups in total. The number of rotatable bonds is 4. The lowest BCUT2D eigenvalue weighted by molar-refractivity contribution is 0.299. The van der Waals surface area contributed by atoms with Gasteiger partial charge >= 0.3 is 0 Å². The van der Waals surface area contributed by atoms with E-state index in [1.165, 1.54) is 12.1 Å². The van der Waals surface area contributed by atoms with E-state index in [0.29, 0.717) is 17.9 Å². The highest BCUT2D eigenvalue weighted by Gasteiger charge is 2.06. The van der Waals surface area contributed by atoms with Crippen LogP contribution in [0, 0.1) is 17.1 Å². The molecule has 0 aliphatic carbocycles. The Kier molecular flexibility index (Phi) is 4.11. The predicted octanol–water partition coefficient (Wildman–Crippen LogP) is 3.02. The van der Waals surface area contributed by atoms with Crippen LogP contribution in [0.4, 0.5) is 4.39 Å². The molecule has 0 spiro atoms. The molecule has 0 unspecified atom stereocenters. The van der Waals surface area contributed by atoms with Crippen molar-refractivity contribution < 1.29 is 14.2 Å². The van der Waals surface area contributed by atoms with Crippen molar-refractivity contribution in [2.24, 2.45) is 0 Å². The summed E-state index contributed by atoms with van der Waals surface area (Å²) in [6.07, 6.45) is 0.584. The maximum atomic E-state index is 13.0. The Hall–Kier alpha value is -2.38. The number of aliphatic hydroxyl groups is 1. The van der Waals surface area contributed by atoms with E-state index in [4.69, 9.17) is 15.1 Å². The van der Waals surface area contributed by atoms with Gasteiger partial charge in [0, 0.05) is 6.61 Å². The van der Waals surface area contributed by atoms with Gasteiger partial charge in [-0.25, -0.2) is 4.39 Å². The van der Waals surface area contributed by atoms with Crippen molar-refractivity contribution in [3.8, 4) is 17.6 Å². The lowest BCUT2D eigenvalue weighted by atomic mass is 10.1. The van der Waals surface area contributed by atoms with Gasteiger partial charge in [-0.2, -0.15) is 5.26 Å². The molecule has 19 heavy (non-hydrogen) atoms. The number of aliphatic hydroxyl groups excluding tert-OH is 1. The van der Waals surface area contributed by atoms with Crippen molar-refractivity contribution in [2.75, 3.05) is 6.61 Å². The monoisotopic (exact) mass is 257 g/mol. The third-order valence-corrected chi connectivity index (χ3v) is 2.61. The van der Waals surface area contributed by atoms with Gasteiger partial charge in [0.15, 0.2) is 0 Å². The smallest absolute Gasteiger partial charge is 0.145 e. The number of ether oxygens (including phenoxy) is 1. The van der Waals surface area contributed by atoms with Crippen molar-refractivity contribution in [2.45, 2.75) is 6.42 Å². The molecule has 0 bridgehead atoms. The van der Waals surface area contributed by atoms with Crippen LogP contribution >= 0.6 is 0 Å². The SMILES string of the molecule is N#Cc1cc(F)ccc1Oc1ccc(CCO)cc1. The van der Waals surface area contributed by atoms with E-state index in [1.807, 2.05) is 18.2 Å². The lowest BCUT2D eigenvalue weighted by Gasteiger charge is -2.08. The van der Waals surface area contributed by atoms with E-state index in [1.54, 1.807) is 12.1 Å². The summed E-state index contributed by atoms with van der Waals surface area (Å²) in [4.78, 5) is 0. The Morgan fingerprint density at radius 3 is 2.53 bits per heavy atom. The van der Waals surface area contributed by atoms with Crippen LogP contribution in [0.2, 0.25) is 0 Å². The third-order valence-electron chi connectivity index (χ3n) is 2.61. The molecule has 0 radical (unpaired) electrons. The van der Waals surface area contributed by atoms with Gasteiger partial charge in [0.25, 0.3) is 0 Å². The first-order chi connectivity index (χ1) is 9.22. The van der Waals surface area contributed by atoms with E-state index in [2.05, 4.69) is 0 Å². The van der Waals surface area contributed by atoms with Gasteiger partial charge in [-0.05, 0) is 42.3 Å². The van der Waals surface area contributed by atoms with Crippen molar-refractivity contribution in [1.29, 1.82) is 5.26 Å². The second-order valence-corrected chi connectivity index (χ2v) is 3.97. The second-order valence-electron chi connectivity index (χ2n) is 3.97. The Balaban J connectivity index is 2.19. The van der Waals surface area contributed by atoms with Gasteiger partial charge < -0.3 is 9.84 Å². The summed E-state index contributed by atoms with van der Waals surface area (Å²) in [6, 6.07) is 12.9. The van der Waals surface area contributed by atoms with Crippen LogP contribution in [0.3, 0.4) is 0 Å². The zero-order valence-electron chi connectivity index (χ0n) is 10.1. The summed E-state index contributed by atoms with van der Waals surface area (Å²) in [5.41, 5.74) is 1.15. The highest BCUT2D eigenvalue weighted by atomic mass is 19.1. The van der Waals surface area contributed by atoms with Crippen molar-refractivity contribution in [1.82, 2.24) is 0 Å². The van der Waals surface area contributed by atoms with Crippen molar-refractivity contribution in [3.63, 3.8) is 0 Å². The van der Waals surface area contributed by atoms with E-state index < -0.39 is 5.82 Å². The molecule has 4 heteroatoms. The summed E-state index contributed by atoms with van der Waals surface area (Å²) in [5, 5.41) is 17.7. The zero-order valence-corrected chi connectivity index (χ0v) is 10.1. The molecule has 0 amide bonds. The quantitative estimate of drug-likeness (QED) is 0.915. The number of benzene rings is 2. The summed E-state index contributed by atoms with van der Waals surface area (Å²) in [5.74, 6) is 0.408. The van der Waals surface area contributed by atoms with E-state index >= 15 is 0 Å². The van der Waals surface area contributed by atoms with Gasteiger partial charge in [0.1, 0.15) is 23.4 Å². The van der Waals surface area contributed by atoms with Gasteiger partial charge in [-0.15, -0.1) is 0 Å². The number of hydrogen-bond donors (Lipinski definition) is 1. The number of nitrogens with zero attached hydrogens (tertiary/aromatic N) is 1. The minimum Gasteiger partial charge on any atom is -0.456 e. The fourth-order valence-corrected chi connectivity index (χ4v) is 1.66. The minimum absolute atomic E-state index is 0.0940. The Morgan fingerprint density at radius 2 is 1.89 bits per heavy atom. The van der Waals surface area contributed by atoms with E-state index in [9.17, 15) is 4.39 Å². The van der Waals surface area contributed by atoms with E-state index in [0.717, 1.165) is 11.6 Å². The van der Waals surface area contributed by atoms with Crippen LogP contribution in [-0.4, -0.2) is 11.7 Å². The molecule has 0 saturated carbocycles. The summed E-state index contributed by atoms with van der Waals surface area (Å²) >= 11 is 0. The number of nitriles is 1. The Bertz CT molecular complexity index is 603. The summed E-state index contributed by atoms with van der Waals surface area (Å²) < 4.78 is 18.5. The number of halogens is 1. The average molecular weight is 257 g/mol. The molecule has 0 aromatic heterocycles. The third kappa shape index (κ3) is 3.30. The maximum Gasteiger partial charge on any atom is 0.145 e. The largest absolute Gasteiger partial charge is 0.456 e. The molecule has 0 heterocycles. The molecule has 0 fully saturated rings. The molecule has 0 atom stereocenters. The Labute approximate surface area is 110 Å². The first-order valence-electron chi connectivity index (χ1n) is 5.80. The second kappa shape index (κ2) is 5.98. The first-order valence-corrected chi connectivity index (χ1v) is 5.80. The molecule has 96 valence electrons. The van der Waals surface area contributed by atoms with Crippen LogP contribution in [0.25, 0.3) is 0 Å².